The SMILES string of the molecule is Cc1oc(CN)cc1S(=O)(=O)NC(C)C1CC2CCC1C2. The van der Waals surface area contributed by atoms with Gasteiger partial charge in [0, 0.05) is 12.1 Å². The van der Waals surface area contributed by atoms with Crippen molar-refractivity contribution in [2.45, 2.75) is 57.0 Å². The summed E-state index contributed by atoms with van der Waals surface area (Å²) in [6.07, 6.45) is 5.01. The molecule has 0 amide bonds. The Labute approximate surface area is 126 Å². The van der Waals surface area contributed by atoms with Crippen LogP contribution in [0, 0.1) is 24.7 Å². The van der Waals surface area contributed by atoms with Crippen molar-refractivity contribution < 1.29 is 12.8 Å². The summed E-state index contributed by atoms with van der Waals surface area (Å²) in [6, 6.07) is 1.51. The fourth-order valence-electron chi connectivity index (χ4n) is 4.19. The predicted octanol–water partition coefficient (Wildman–Crippen LogP) is 2.15. The Morgan fingerprint density at radius 2 is 2.19 bits per heavy atom. The second-order valence-electron chi connectivity index (χ2n) is 6.59. The number of nitrogens with one attached hydrogen (secondary N) is 1. The van der Waals surface area contributed by atoms with Gasteiger partial charge in [0.15, 0.2) is 0 Å². The third-order valence-electron chi connectivity index (χ3n) is 5.19. The summed E-state index contributed by atoms with van der Waals surface area (Å²) in [5.41, 5.74) is 5.51. The average molecular weight is 312 g/mol. The molecule has 6 heteroatoms. The highest BCUT2D eigenvalue weighted by molar-refractivity contribution is 7.89. The van der Waals surface area contributed by atoms with E-state index in [1.165, 1.54) is 25.3 Å². The molecule has 1 aromatic rings. The molecule has 0 radical (unpaired) electrons. The molecule has 2 fully saturated rings. The van der Waals surface area contributed by atoms with Crippen molar-refractivity contribution in [1.82, 2.24) is 4.72 Å². The largest absolute Gasteiger partial charge is 0.464 e. The van der Waals surface area contributed by atoms with Gasteiger partial charge in [-0.15, -0.1) is 0 Å². The zero-order valence-electron chi connectivity index (χ0n) is 12.6. The molecule has 3 rings (SSSR count). The number of rotatable bonds is 5. The van der Waals surface area contributed by atoms with E-state index in [-0.39, 0.29) is 17.5 Å². The third kappa shape index (κ3) is 2.76. The molecule has 1 aromatic heterocycles. The molecule has 2 saturated carbocycles. The van der Waals surface area contributed by atoms with Gasteiger partial charge >= 0.3 is 0 Å². The van der Waals surface area contributed by atoms with Crippen LogP contribution in [0.3, 0.4) is 0 Å². The van der Waals surface area contributed by atoms with Gasteiger partial charge < -0.3 is 10.2 Å². The van der Waals surface area contributed by atoms with Crippen molar-refractivity contribution in [3.63, 3.8) is 0 Å². The van der Waals surface area contributed by atoms with Gasteiger partial charge in [-0.2, -0.15) is 0 Å². The van der Waals surface area contributed by atoms with E-state index in [4.69, 9.17) is 10.2 Å². The van der Waals surface area contributed by atoms with E-state index in [9.17, 15) is 8.42 Å². The smallest absolute Gasteiger partial charge is 0.244 e. The fourth-order valence-corrected chi connectivity index (χ4v) is 5.69. The minimum absolute atomic E-state index is 0.0269. The molecule has 2 bridgehead atoms. The third-order valence-corrected chi connectivity index (χ3v) is 6.86. The first kappa shape index (κ1) is 15.1. The maximum Gasteiger partial charge on any atom is 0.244 e. The van der Waals surface area contributed by atoms with Gasteiger partial charge in [-0.25, -0.2) is 13.1 Å². The topological polar surface area (TPSA) is 85.3 Å². The van der Waals surface area contributed by atoms with Crippen molar-refractivity contribution in [2.75, 3.05) is 0 Å². The Hall–Kier alpha value is -0.850. The molecule has 1 heterocycles. The predicted molar refractivity (Wildman–Crippen MR) is 80.1 cm³/mol. The summed E-state index contributed by atoms with van der Waals surface area (Å²) >= 11 is 0. The number of aryl methyl sites for hydroxylation is 1. The van der Waals surface area contributed by atoms with Crippen LogP contribution in [0.15, 0.2) is 15.4 Å². The number of furan rings is 1. The standard InChI is InChI=1S/C15H24N2O3S/c1-9(14-6-11-3-4-12(14)5-11)17-21(18,19)15-7-13(8-16)20-10(15)2/h7,9,11-12,14,17H,3-6,8,16H2,1-2H3. The van der Waals surface area contributed by atoms with E-state index in [2.05, 4.69) is 4.72 Å². The highest BCUT2D eigenvalue weighted by atomic mass is 32.2. The van der Waals surface area contributed by atoms with Crippen LogP contribution in [-0.2, 0) is 16.6 Å². The van der Waals surface area contributed by atoms with Crippen molar-refractivity contribution in [3.05, 3.63) is 17.6 Å². The second-order valence-corrected chi connectivity index (χ2v) is 8.27. The van der Waals surface area contributed by atoms with Crippen LogP contribution >= 0.6 is 0 Å². The maximum absolute atomic E-state index is 12.5. The van der Waals surface area contributed by atoms with Gasteiger partial charge in [-0.3, -0.25) is 0 Å². The van der Waals surface area contributed by atoms with Gasteiger partial charge in [-0.1, -0.05) is 6.42 Å². The van der Waals surface area contributed by atoms with Crippen LogP contribution in [0.25, 0.3) is 0 Å². The highest BCUT2D eigenvalue weighted by Crippen LogP contribution is 2.49. The second kappa shape index (κ2) is 5.41. The van der Waals surface area contributed by atoms with Crippen LogP contribution in [0.2, 0.25) is 0 Å². The first-order valence-electron chi connectivity index (χ1n) is 7.72. The summed E-state index contributed by atoms with van der Waals surface area (Å²) in [4.78, 5) is 0.220. The molecule has 5 nitrogen and oxygen atoms in total. The number of hydrogen-bond donors (Lipinski definition) is 2. The Balaban J connectivity index is 1.75. The van der Waals surface area contributed by atoms with Gasteiger partial charge in [0.05, 0.1) is 6.54 Å². The number of fused-ring (bicyclic) bond motifs is 2. The van der Waals surface area contributed by atoms with E-state index in [1.54, 1.807) is 6.92 Å². The van der Waals surface area contributed by atoms with Crippen LogP contribution in [0.1, 0.15) is 44.1 Å². The van der Waals surface area contributed by atoms with Crippen LogP contribution in [0.5, 0.6) is 0 Å². The lowest BCUT2D eigenvalue weighted by atomic mass is 9.84. The lowest BCUT2D eigenvalue weighted by Crippen LogP contribution is -2.40. The normalized spacial score (nSPS) is 30.0. The van der Waals surface area contributed by atoms with Gasteiger partial charge in [0.25, 0.3) is 0 Å². The van der Waals surface area contributed by atoms with Gasteiger partial charge in [0.2, 0.25) is 10.0 Å². The molecule has 0 saturated heterocycles. The lowest BCUT2D eigenvalue weighted by Gasteiger charge is -2.28. The first-order chi connectivity index (χ1) is 9.90. The van der Waals surface area contributed by atoms with Crippen LogP contribution in [0.4, 0.5) is 0 Å². The van der Waals surface area contributed by atoms with Gasteiger partial charge in [0.1, 0.15) is 16.4 Å². The molecule has 0 aromatic carbocycles. The van der Waals surface area contributed by atoms with Crippen molar-refractivity contribution >= 4 is 10.0 Å². The van der Waals surface area contributed by atoms with E-state index >= 15 is 0 Å². The minimum atomic E-state index is -3.53. The molecule has 2 aliphatic carbocycles. The average Bonchev–Trinajstić information content (AvgIpc) is 3.12. The minimum Gasteiger partial charge on any atom is -0.464 e. The Morgan fingerprint density at radius 3 is 2.71 bits per heavy atom. The number of nitrogens with two attached hydrogens (primary N) is 1. The molecular weight excluding hydrogens is 288 g/mol. The Morgan fingerprint density at radius 1 is 1.43 bits per heavy atom. The molecule has 4 unspecified atom stereocenters. The summed E-state index contributed by atoms with van der Waals surface area (Å²) in [5, 5.41) is 0. The summed E-state index contributed by atoms with van der Waals surface area (Å²) < 4.78 is 33.3. The zero-order valence-corrected chi connectivity index (χ0v) is 13.4. The summed E-state index contributed by atoms with van der Waals surface area (Å²) in [6.45, 7) is 3.86. The summed E-state index contributed by atoms with van der Waals surface area (Å²) in [5.74, 6) is 2.88. The first-order valence-corrected chi connectivity index (χ1v) is 9.20. The molecule has 118 valence electrons. The lowest BCUT2D eigenvalue weighted by molar-refractivity contribution is 0.280. The van der Waals surface area contributed by atoms with E-state index in [1.807, 2.05) is 6.92 Å². The maximum atomic E-state index is 12.5. The number of sulfonamides is 1. The number of hydrogen-bond acceptors (Lipinski definition) is 4. The van der Waals surface area contributed by atoms with E-state index < -0.39 is 10.0 Å². The van der Waals surface area contributed by atoms with Crippen molar-refractivity contribution in [3.8, 4) is 0 Å². The zero-order chi connectivity index (χ0) is 15.2. The van der Waals surface area contributed by atoms with Crippen molar-refractivity contribution in [2.24, 2.45) is 23.5 Å². The monoisotopic (exact) mass is 312 g/mol. The quantitative estimate of drug-likeness (QED) is 0.872. The molecule has 21 heavy (non-hydrogen) atoms. The molecule has 3 N–H and O–H groups in total. The molecular formula is C15H24N2O3S. The Kier molecular flexibility index (Phi) is 3.88. The van der Waals surface area contributed by atoms with Gasteiger partial charge in [-0.05, 0) is 50.9 Å². The highest BCUT2D eigenvalue weighted by Gasteiger charge is 2.42. The fraction of sp³-hybridized carbons (Fsp3) is 0.733. The molecule has 2 aliphatic rings. The summed E-state index contributed by atoms with van der Waals surface area (Å²) in [7, 11) is -3.53. The molecule has 0 aliphatic heterocycles. The van der Waals surface area contributed by atoms with Crippen LogP contribution in [-0.4, -0.2) is 14.5 Å². The molecule has 4 atom stereocenters. The van der Waals surface area contributed by atoms with E-state index in [0.717, 1.165) is 12.3 Å². The van der Waals surface area contributed by atoms with Crippen LogP contribution < -0.4 is 10.5 Å². The van der Waals surface area contributed by atoms with Crippen molar-refractivity contribution in [1.29, 1.82) is 0 Å². The Bertz CT molecular complexity index is 623. The molecule has 0 spiro atoms. The van der Waals surface area contributed by atoms with E-state index in [0.29, 0.717) is 23.4 Å².